The molecule has 236 valence electrons. The zero-order chi connectivity index (χ0) is 33.2. The van der Waals surface area contributed by atoms with Crippen LogP contribution >= 0.6 is 0 Å². The molecule has 0 bridgehead atoms. The molecule has 0 saturated carbocycles. The summed E-state index contributed by atoms with van der Waals surface area (Å²) in [6, 6.07) is 48.8. The van der Waals surface area contributed by atoms with Crippen LogP contribution in [0.15, 0.2) is 170 Å². The van der Waals surface area contributed by atoms with Crippen molar-refractivity contribution in [3.63, 3.8) is 0 Å². The summed E-state index contributed by atoms with van der Waals surface area (Å²) in [5.74, 6) is 0.0203. The van der Waals surface area contributed by atoms with E-state index in [0.717, 1.165) is 12.8 Å². The SMILES string of the molecule is O=C(C1C=CC=C(c2ccc3c(ccc4cc5ccccc5cc43)c2)C1)C1C=CC=C(c2ccc3c(ccc4cc5ccccc5cc43)c2)C1. The number of carbonyl (C=O) groups is 1. The number of rotatable bonds is 4. The van der Waals surface area contributed by atoms with E-state index in [2.05, 4.69) is 170 Å². The highest BCUT2D eigenvalue weighted by atomic mass is 16.1. The Balaban J connectivity index is 0.889. The van der Waals surface area contributed by atoms with Gasteiger partial charge in [0.25, 0.3) is 0 Å². The second kappa shape index (κ2) is 11.5. The number of carbonyl (C=O) groups excluding carboxylic acids is 1. The van der Waals surface area contributed by atoms with E-state index in [4.69, 9.17) is 0 Å². The van der Waals surface area contributed by atoms with Crippen molar-refractivity contribution in [2.75, 3.05) is 0 Å². The van der Waals surface area contributed by atoms with E-state index in [1.54, 1.807) is 0 Å². The van der Waals surface area contributed by atoms with Gasteiger partial charge in [0.1, 0.15) is 5.78 Å². The Morgan fingerprint density at radius 2 is 0.800 bits per heavy atom. The summed E-state index contributed by atoms with van der Waals surface area (Å²) in [4.78, 5) is 14.1. The molecule has 0 fully saturated rings. The van der Waals surface area contributed by atoms with E-state index in [-0.39, 0.29) is 11.8 Å². The van der Waals surface area contributed by atoms with Gasteiger partial charge in [-0.05, 0) is 136 Å². The third kappa shape index (κ3) is 4.89. The molecule has 1 heteroatoms. The second-order valence-corrected chi connectivity index (χ2v) is 14.0. The van der Waals surface area contributed by atoms with Gasteiger partial charge in [-0.1, -0.05) is 134 Å². The molecule has 0 N–H and O–H groups in total. The van der Waals surface area contributed by atoms with Gasteiger partial charge in [0, 0.05) is 11.8 Å². The number of fused-ring (bicyclic) bond motifs is 8. The van der Waals surface area contributed by atoms with Gasteiger partial charge in [0.2, 0.25) is 0 Å². The van der Waals surface area contributed by atoms with Crippen LogP contribution in [0.2, 0.25) is 0 Å². The molecule has 0 aliphatic heterocycles. The largest absolute Gasteiger partial charge is 0.298 e. The first kappa shape index (κ1) is 28.9. The van der Waals surface area contributed by atoms with Crippen LogP contribution in [0.1, 0.15) is 24.0 Å². The molecule has 10 rings (SSSR count). The first-order valence-corrected chi connectivity index (χ1v) is 17.6. The maximum absolute atomic E-state index is 14.1. The smallest absolute Gasteiger partial charge is 0.147 e. The predicted molar refractivity (Wildman–Crippen MR) is 213 cm³/mol. The molecule has 1 nitrogen and oxygen atoms in total. The third-order valence-electron chi connectivity index (χ3n) is 11.0. The lowest BCUT2D eigenvalue weighted by atomic mass is 9.78. The Morgan fingerprint density at radius 3 is 1.24 bits per heavy atom. The van der Waals surface area contributed by atoms with Gasteiger partial charge < -0.3 is 0 Å². The molecular weight excluding hydrogens is 605 g/mol. The van der Waals surface area contributed by atoms with Gasteiger partial charge in [0.15, 0.2) is 0 Å². The summed E-state index contributed by atoms with van der Waals surface area (Å²) in [6.45, 7) is 0. The zero-order valence-corrected chi connectivity index (χ0v) is 27.6. The van der Waals surface area contributed by atoms with Crippen LogP contribution in [-0.2, 0) is 4.79 Å². The van der Waals surface area contributed by atoms with Crippen LogP contribution in [-0.4, -0.2) is 5.78 Å². The molecule has 0 aromatic heterocycles. The lowest BCUT2D eigenvalue weighted by molar-refractivity contribution is -0.123. The van der Waals surface area contributed by atoms with E-state index < -0.39 is 0 Å². The van der Waals surface area contributed by atoms with Gasteiger partial charge in [-0.15, -0.1) is 0 Å². The Bertz CT molecular complexity index is 2650. The minimum atomic E-state index is -0.138. The van der Waals surface area contributed by atoms with Gasteiger partial charge in [0.05, 0.1) is 0 Å². The van der Waals surface area contributed by atoms with Crippen molar-refractivity contribution in [1.82, 2.24) is 0 Å². The van der Waals surface area contributed by atoms with Crippen molar-refractivity contribution in [2.24, 2.45) is 11.8 Å². The Kier molecular flexibility index (Phi) is 6.67. The van der Waals surface area contributed by atoms with Gasteiger partial charge in [-0.25, -0.2) is 0 Å². The third-order valence-corrected chi connectivity index (χ3v) is 11.0. The van der Waals surface area contributed by atoms with Crippen LogP contribution in [0.5, 0.6) is 0 Å². The Morgan fingerprint density at radius 1 is 0.400 bits per heavy atom. The molecule has 0 saturated heterocycles. The highest BCUT2D eigenvalue weighted by molar-refractivity contribution is 6.14. The van der Waals surface area contributed by atoms with Crippen LogP contribution in [0, 0.1) is 11.8 Å². The lowest BCUT2D eigenvalue weighted by Gasteiger charge is -2.24. The quantitative estimate of drug-likeness (QED) is 0.138. The second-order valence-electron chi connectivity index (χ2n) is 14.0. The van der Waals surface area contributed by atoms with Gasteiger partial charge in [-0.2, -0.15) is 0 Å². The number of hydrogen-bond acceptors (Lipinski definition) is 1. The maximum Gasteiger partial charge on any atom is 0.147 e. The van der Waals surface area contributed by atoms with E-state index in [9.17, 15) is 4.79 Å². The predicted octanol–water partition coefficient (Wildman–Crippen LogP) is 12.8. The maximum atomic E-state index is 14.1. The highest BCUT2D eigenvalue weighted by Crippen LogP contribution is 2.38. The number of Topliss-reactive ketones (excluding diaryl/α,β-unsaturated/α-hetero) is 1. The Hall–Kier alpha value is -6.05. The molecule has 8 aromatic rings. The van der Waals surface area contributed by atoms with Crippen molar-refractivity contribution >= 4 is 81.6 Å². The summed E-state index contributed by atoms with van der Waals surface area (Å²) in [5.41, 5.74) is 4.82. The number of ketones is 1. The van der Waals surface area contributed by atoms with E-state index >= 15 is 0 Å². The molecule has 2 aliphatic carbocycles. The van der Waals surface area contributed by atoms with E-state index in [0.29, 0.717) is 5.78 Å². The standard InChI is InChI=1S/C49H34O/c50-49(43-13-5-11-33(27-43)37-19-21-45-39(25-37)15-17-41-23-31-7-1-3-9-35(31)29-47(41)45)44-14-6-12-34(28-44)38-20-22-46-40(26-38)16-18-42-24-32-8-2-4-10-36(32)30-48(42)46/h1-26,29-30,43-44H,27-28H2. The number of benzene rings is 8. The van der Waals surface area contributed by atoms with Gasteiger partial charge in [-0.3, -0.25) is 4.79 Å². The average molecular weight is 639 g/mol. The molecule has 0 amide bonds. The molecule has 2 atom stereocenters. The summed E-state index contributed by atoms with van der Waals surface area (Å²) in [5, 5.41) is 15.1. The minimum Gasteiger partial charge on any atom is -0.298 e. The molecule has 2 unspecified atom stereocenters. The summed E-state index contributed by atoms with van der Waals surface area (Å²) in [7, 11) is 0. The van der Waals surface area contributed by atoms with E-state index in [1.807, 2.05) is 0 Å². The zero-order valence-electron chi connectivity index (χ0n) is 27.6. The van der Waals surface area contributed by atoms with Crippen molar-refractivity contribution < 1.29 is 4.79 Å². The average Bonchev–Trinajstić information content (AvgIpc) is 3.18. The van der Waals surface area contributed by atoms with Crippen molar-refractivity contribution in [1.29, 1.82) is 0 Å². The lowest BCUT2D eigenvalue weighted by Crippen LogP contribution is -2.23. The first-order chi connectivity index (χ1) is 24.6. The van der Waals surface area contributed by atoms with Crippen molar-refractivity contribution in [2.45, 2.75) is 12.8 Å². The molecule has 0 spiro atoms. The van der Waals surface area contributed by atoms with Crippen molar-refractivity contribution in [3.8, 4) is 0 Å². The molecule has 2 aliphatic rings. The normalized spacial score (nSPS) is 17.6. The van der Waals surface area contributed by atoms with Gasteiger partial charge >= 0.3 is 0 Å². The van der Waals surface area contributed by atoms with Crippen LogP contribution in [0.4, 0.5) is 0 Å². The monoisotopic (exact) mass is 638 g/mol. The molecule has 50 heavy (non-hydrogen) atoms. The van der Waals surface area contributed by atoms with Crippen LogP contribution in [0.25, 0.3) is 75.8 Å². The topological polar surface area (TPSA) is 17.1 Å². The summed E-state index contributed by atoms with van der Waals surface area (Å²) >= 11 is 0. The fraction of sp³-hybridized carbons (Fsp3) is 0.0816. The number of allylic oxidation sites excluding steroid dienone is 8. The Labute approximate surface area is 291 Å². The van der Waals surface area contributed by atoms with Crippen LogP contribution < -0.4 is 0 Å². The molecule has 0 radical (unpaired) electrons. The molecule has 8 aromatic carbocycles. The fourth-order valence-electron chi connectivity index (χ4n) is 8.36. The fourth-order valence-corrected chi connectivity index (χ4v) is 8.36. The summed E-state index contributed by atoms with van der Waals surface area (Å²) in [6.07, 6.45) is 14.2. The molecule has 0 heterocycles. The number of hydrogen-bond donors (Lipinski definition) is 0. The van der Waals surface area contributed by atoms with Crippen molar-refractivity contribution in [3.05, 3.63) is 181 Å². The first-order valence-electron chi connectivity index (χ1n) is 17.6. The molecular formula is C49H34O. The summed E-state index contributed by atoms with van der Waals surface area (Å²) < 4.78 is 0. The van der Waals surface area contributed by atoms with E-state index in [1.165, 1.54) is 86.9 Å². The van der Waals surface area contributed by atoms with Crippen LogP contribution in [0.3, 0.4) is 0 Å². The minimum absolute atomic E-state index is 0.138. The highest BCUT2D eigenvalue weighted by Gasteiger charge is 2.28.